The van der Waals surface area contributed by atoms with Gasteiger partial charge in [-0.3, -0.25) is 0 Å². The second-order valence-electron chi connectivity index (χ2n) is 2.74. The number of hydrogen-bond donors (Lipinski definition) is 1. The molecule has 1 aromatic rings. The summed E-state index contributed by atoms with van der Waals surface area (Å²) < 4.78 is 9.83. The Kier molecular flexibility index (Phi) is 3.73. The fourth-order valence-corrected chi connectivity index (χ4v) is 1.08. The third kappa shape index (κ3) is 2.72. The van der Waals surface area contributed by atoms with Crippen molar-refractivity contribution < 1.29 is 14.6 Å². The van der Waals surface area contributed by atoms with Crippen LogP contribution in [0.25, 0.3) is 0 Å². The summed E-state index contributed by atoms with van der Waals surface area (Å²) in [6.07, 6.45) is -0.559. The van der Waals surface area contributed by atoms with Gasteiger partial charge in [-0.15, -0.1) is 0 Å². The lowest BCUT2D eigenvalue weighted by Gasteiger charge is -2.09. The van der Waals surface area contributed by atoms with Gasteiger partial charge in [-0.05, 0) is 17.7 Å². The zero-order valence-electron chi connectivity index (χ0n) is 7.86. The van der Waals surface area contributed by atoms with Gasteiger partial charge >= 0.3 is 0 Å². The average molecular weight is 182 g/mol. The summed E-state index contributed by atoms with van der Waals surface area (Å²) in [4.78, 5) is 0. The Hall–Kier alpha value is -1.06. The highest BCUT2D eigenvalue weighted by Crippen LogP contribution is 2.17. The van der Waals surface area contributed by atoms with Gasteiger partial charge in [-0.2, -0.15) is 0 Å². The molecule has 0 amide bonds. The van der Waals surface area contributed by atoms with Crippen molar-refractivity contribution in [1.29, 1.82) is 0 Å². The fourth-order valence-electron chi connectivity index (χ4n) is 1.08. The number of rotatable bonds is 4. The molecule has 1 atom stereocenters. The molecule has 1 N–H and O–H groups in total. The van der Waals surface area contributed by atoms with Crippen LogP contribution in [0.2, 0.25) is 0 Å². The molecule has 0 saturated carbocycles. The Labute approximate surface area is 77.9 Å². The number of benzene rings is 1. The van der Waals surface area contributed by atoms with Gasteiger partial charge in [0.05, 0.1) is 13.7 Å². The summed E-state index contributed by atoms with van der Waals surface area (Å²) in [6, 6.07) is 7.27. The van der Waals surface area contributed by atoms with Crippen LogP contribution in [0.15, 0.2) is 24.3 Å². The molecule has 0 radical (unpaired) electrons. The second-order valence-corrected chi connectivity index (χ2v) is 2.74. The first-order chi connectivity index (χ1) is 6.27. The van der Waals surface area contributed by atoms with Crippen molar-refractivity contribution in [1.82, 2.24) is 0 Å². The summed E-state index contributed by atoms with van der Waals surface area (Å²) in [6.45, 7) is 0.312. The lowest BCUT2D eigenvalue weighted by Crippen LogP contribution is -2.04. The highest BCUT2D eigenvalue weighted by Gasteiger charge is 2.05. The van der Waals surface area contributed by atoms with E-state index in [1.54, 1.807) is 14.2 Å². The van der Waals surface area contributed by atoms with E-state index in [1.165, 1.54) is 0 Å². The SMILES string of the molecule is COCC(O)c1ccc(OC)cc1. The van der Waals surface area contributed by atoms with E-state index >= 15 is 0 Å². The molecule has 0 aliphatic rings. The Bertz CT molecular complexity index is 243. The molecule has 0 saturated heterocycles. The zero-order valence-corrected chi connectivity index (χ0v) is 7.86. The Morgan fingerprint density at radius 2 is 1.85 bits per heavy atom. The third-order valence-corrected chi connectivity index (χ3v) is 1.83. The molecule has 0 heterocycles. The summed E-state index contributed by atoms with van der Waals surface area (Å²) in [5, 5.41) is 9.52. The van der Waals surface area contributed by atoms with E-state index in [9.17, 15) is 5.11 Å². The molecule has 1 rings (SSSR count). The molecular weight excluding hydrogens is 168 g/mol. The molecule has 0 bridgehead atoms. The van der Waals surface area contributed by atoms with Crippen molar-refractivity contribution in [3.8, 4) is 5.75 Å². The first-order valence-corrected chi connectivity index (χ1v) is 4.09. The first kappa shape index (κ1) is 10.0. The molecule has 0 aromatic heterocycles. The Morgan fingerprint density at radius 3 is 2.31 bits per heavy atom. The monoisotopic (exact) mass is 182 g/mol. The number of aliphatic hydroxyl groups excluding tert-OH is 1. The minimum atomic E-state index is -0.559. The number of hydrogen-bond acceptors (Lipinski definition) is 3. The van der Waals surface area contributed by atoms with Crippen molar-refractivity contribution in [2.45, 2.75) is 6.10 Å². The van der Waals surface area contributed by atoms with Crippen LogP contribution < -0.4 is 4.74 Å². The van der Waals surface area contributed by atoms with E-state index in [0.717, 1.165) is 11.3 Å². The summed E-state index contributed by atoms with van der Waals surface area (Å²) >= 11 is 0. The molecule has 0 aliphatic heterocycles. The summed E-state index contributed by atoms with van der Waals surface area (Å²) in [7, 11) is 3.17. The molecule has 0 fully saturated rings. The van der Waals surface area contributed by atoms with Crippen LogP contribution in [0.3, 0.4) is 0 Å². The summed E-state index contributed by atoms with van der Waals surface area (Å²) in [5.41, 5.74) is 0.836. The molecule has 13 heavy (non-hydrogen) atoms. The van der Waals surface area contributed by atoms with Gasteiger partial charge in [0.1, 0.15) is 11.9 Å². The lowest BCUT2D eigenvalue weighted by molar-refractivity contribution is 0.0644. The molecule has 1 aromatic carbocycles. The van der Waals surface area contributed by atoms with E-state index in [-0.39, 0.29) is 0 Å². The van der Waals surface area contributed by atoms with Crippen molar-refractivity contribution in [3.05, 3.63) is 29.8 Å². The topological polar surface area (TPSA) is 38.7 Å². The molecule has 3 heteroatoms. The van der Waals surface area contributed by atoms with Gasteiger partial charge < -0.3 is 14.6 Å². The number of aliphatic hydroxyl groups is 1. The fraction of sp³-hybridized carbons (Fsp3) is 0.400. The third-order valence-electron chi connectivity index (χ3n) is 1.83. The summed E-state index contributed by atoms with van der Waals surface area (Å²) in [5.74, 6) is 0.786. The second kappa shape index (κ2) is 4.84. The maximum absolute atomic E-state index is 9.52. The van der Waals surface area contributed by atoms with Crippen LogP contribution in [-0.2, 0) is 4.74 Å². The molecule has 3 nitrogen and oxygen atoms in total. The molecule has 1 unspecified atom stereocenters. The molecule has 72 valence electrons. The van der Waals surface area contributed by atoms with Gasteiger partial charge in [0, 0.05) is 7.11 Å². The largest absolute Gasteiger partial charge is 0.497 e. The highest BCUT2D eigenvalue weighted by molar-refractivity contribution is 5.28. The quantitative estimate of drug-likeness (QED) is 0.764. The van der Waals surface area contributed by atoms with Crippen molar-refractivity contribution in [2.75, 3.05) is 20.8 Å². The van der Waals surface area contributed by atoms with Crippen LogP contribution in [0.5, 0.6) is 5.75 Å². The molecular formula is C10H14O3. The van der Waals surface area contributed by atoms with Gasteiger partial charge in [0.15, 0.2) is 0 Å². The lowest BCUT2D eigenvalue weighted by atomic mass is 10.1. The Morgan fingerprint density at radius 1 is 1.23 bits per heavy atom. The minimum absolute atomic E-state index is 0.312. The van der Waals surface area contributed by atoms with Crippen molar-refractivity contribution >= 4 is 0 Å². The predicted octanol–water partition coefficient (Wildman–Crippen LogP) is 1.38. The normalized spacial score (nSPS) is 12.5. The minimum Gasteiger partial charge on any atom is -0.497 e. The number of methoxy groups -OCH3 is 2. The van der Waals surface area contributed by atoms with Gasteiger partial charge in [0.25, 0.3) is 0 Å². The van der Waals surface area contributed by atoms with Crippen molar-refractivity contribution in [2.24, 2.45) is 0 Å². The van der Waals surface area contributed by atoms with Crippen molar-refractivity contribution in [3.63, 3.8) is 0 Å². The maximum atomic E-state index is 9.52. The van der Waals surface area contributed by atoms with Gasteiger partial charge in [0.2, 0.25) is 0 Å². The number of ether oxygens (including phenoxy) is 2. The van der Waals surface area contributed by atoms with E-state index in [4.69, 9.17) is 9.47 Å². The average Bonchev–Trinajstić information content (AvgIpc) is 2.18. The van der Waals surface area contributed by atoms with Crippen LogP contribution in [0.4, 0.5) is 0 Å². The molecule has 0 aliphatic carbocycles. The van der Waals surface area contributed by atoms with Gasteiger partial charge in [-0.1, -0.05) is 12.1 Å². The molecule has 0 spiro atoms. The smallest absolute Gasteiger partial charge is 0.118 e. The first-order valence-electron chi connectivity index (χ1n) is 4.09. The van der Waals surface area contributed by atoms with Crippen LogP contribution in [0.1, 0.15) is 11.7 Å². The van der Waals surface area contributed by atoms with E-state index in [0.29, 0.717) is 6.61 Å². The zero-order chi connectivity index (χ0) is 9.68. The van der Waals surface area contributed by atoms with E-state index in [1.807, 2.05) is 24.3 Å². The predicted molar refractivity (Wildman–Crippen MR) is 49.8 cm³/mol. The van der Waals surface area contributed by atoms with Gasteiger partial charge in [-0.25, -0.2) is 0 Å². The van der Waals surface area contributed by atoms with E-state index < -0.39 is 6.10 Å². The van der Waals surface area contributed by atoms with Crippen LogP contribution >= 0.6 is 0 Å². The standard InChI is InChI=1S/C10H14O3/c1-12-7-10(11)8-3-5-9(13-2)6-4-8/h3-6,10-11H,7H2,1-2H3. The van der Waals surface area contributed by atoms with Crippen LogP contribution in [0, 0.1) is 0 Å². The highest BCUT2D eigenvalue weighted by atomic mass is 16.5. The van der Waals surface area contributed by atoms with Crippen LogP contribution in [-0.4, -0.2) is 25.9 Å². The van der Waals surface area contributed by atoms with E-state index in [2.05, 4.69) is 0 Å². The Balaban J connectivity index is 2.67. The maximum Gasteiger partial charge on any atom is 0.118 e.